The van der Waals surface area contributed by atoms with Crippen LogP contribution in [-0.4, -0.2) is 54.1 Å². The Morgan fingerprint density at radius 3 is 2.40 bits per heavy atom. The predicted molar refractivity (Wildman–Crippen MR) is 102 cm³/mol. The number of halogens is 2. The minimum atomic E-state index is -4.21. The van der Waals surface area contributed by atoms with E-state index in [-0.39, 0.29) is 24.4 Å². The van der Waals surface area contributed by atoms with Gasteiger partial charge in [0.15, 0.2) is 0 Å². The van der Waals surface area contributed by atoms with E-state index in [1.807, 2.05) is 0 Å². The number of carboxylic acids is 1. The average molecular weight is 439 g/mol. The number of hydrogen-bond donors (Lipinski definition) is 2. The van der Waals surface area contributed by atoms with Gasteiger partial charge in [-0.3, -0.25) is 0 Å². The van der Waals surface area contributed by atoms with Crippen molar-refractivity contribution in [3.05, 3.63) is 65.7 Å². The molecule has 1 atom stereocenters. The summed E-state index contributed by atoms with van der Waals surface area (Å²) in [5, 5.41) is 12.6. The highest BCUT2D eigenvalue weighted by molar-refractivity contribution is 7.89. The molecule has 2 aromatic carbocycles. The first-order valence-corrected chi connectivity index (χ1v) is 10.5. The molecule has 0 saturated carbocycles. The van der Waals surface area contributed by atoms with Crippen LogP contribution in [0.25, 0.3) is 0 Å². The highest BCUT2D eigenvalue weighted by Crippen LogP contribution is 2.23. The molecule has 1 saturated heterocycles. The summed E-state index contributed by atoms with van der Waals surface area (Å²) in [6, 6.07) is 7.26. The van der Waals surface area contributed by atoms with Gasteiger partial charge < -0.3 is 10.4 Å². The molecule has 30 heavy (non-hydrogen) atoms. The molecule has 0 aliphatic carbocycles. The van der Waals surface area contributed by atoms with Crippen LogP contribution in [0.3, 0.4) is 0 Å². The summed E-state index contributed by atoms with van der Waals surface area (Å²) in [4.78, 5) is 23.9. The first-order chi connectivity index (χ1) is 14.2. The molecule has 1 fully saturated rings. The highest BCUT2D eigenvalue weighted by atomic mass is 32.2. The molecule has 1 aliphatic rings. The Labute approximate surface area is 171 Å². The molecule has 1 aliphatic heterocycles. The van der Waals surface area contributed by atoms with Crippen LogP contribution in [-0.2, 0) is 21.2 Å². The standard InChI is InChI=1S/C19H19F2N3O5S/c20-14-7-5-13(6-8-14)11-17(18(25)26)22-19(27)23-9-2-10-24(23)30(28,29)16-4-1-3-15(21)12-16/h1,3-8,12,17H,2,9-11H2,(H,22,27)(H,25,26)/t17-/m0/s1. The molecule has 2 amide bonds. The lowest BCUT2D eigenvalue weighted by Crippen LogP contribution is -2.53. The van der Waals surface area contributed by atoms with Crippen LogP contribution in [0.5, 0.6) is 0 Å². The monoisotopic (exact) mass is 439 g/mol. The van der Waals surface area contributed by atoms with Crippen molar-refractivity contribution in [1.29, 1.82) is 0 Å². The van der Waals surface area contributed by atoms with Gasteiger partial charge in [-0.25, -0.2) is 31.8 Å². The number of carboxylic acid groups (broad SMARTS) is 1. The van der Waals surface area contributed by atoms with Gasteiger partial charge in [0.1, 0.15) is 17.7 Å². The number of nitrogens with one attached hydrogen (secondary N) is 1. The van der Waals surface area contributed by atoms with Crippen molar-refractivity contribution < 1.29 is 31.9 Å². The number of aliphatic carboxylic acids is 1. The number of nitrogens with zero attached hydrogens (tertiary/aromatic N) is 2. The molecule has 2 N–H and O–H groups in total. The zero-order chi connectivity index (χ0) is 21.9. The molecule has 8 nitrogen and oxygen atoms in total. The fourth-order valence-electron chi connectivity index (χ4n) is 3.07. The van der Waals surface area contributed by atoms with Crippen molar-refractivity contribution >= 4 is 22.0 Å². The number of carbonyl (C=O) groups is 2. The van der Waals surface area contributed by atoms with Gasteiger partial charge in [-0.1, -0.05) is 18.2 Å². The highest BCUT2D eigenvalue weighted by Gasteiger charge is 2.38. The van der Waals surface area contributed by atoms with Crippen LogP contribution in [0, 0.1) is 11.6 Å². The molecule has 3 rings (SSSR count). The van der Waals surface area contributed by atoms with Crippen LogP contribution < -0.4 is 5.32 Å². The summed E-state index contributed by atoms with van der Waals surface area (Å²) < 4.78 is 53.0. The molecular weight excluding hydrogens is 420 g/mol. The Hall–Kier alpha value is -3.05. The number of hydrogen-bond acceptors (Lipinski definition) is 4. The Kier molecular flexibility index (Phi) is 6.32. The minimum Gasteiger partial charge on any atom is -0.480 e. The molecule has 0 bridgehead atoms. The molecule has 0 radical (unpaired) electrons. The summed E-state index contributed by atoms with van der Waals surface area (Å²) >= 11 is 0. The lowest BCUT2D eigenvalue weighted by Gasteiger charge is -2.28. The molecule has 0 aromatic heterocycles. The van der Waals surface area contributed by atoms with Gasteiger partial charge in [0.2, 0.25) is 0 Å². The summed E-state index contributed by atoms with van der Waals surface area (Å²) in [5.74, 6) is -2.55. The van der Waals surface area contributed by atoms with E-state index >= 15 is 0 Å². The van der Waals surface area contributed by atoms with Crippen molar-refractivity contribution in [1.82, 2.24) is 14.7 Å². The van der Waals surface area contributed by atoms with E-state index in [1.54, 1.807) is 0 Å². The van der Waals surface area contributed by atoms with Crippen molar-refractivity contribution in [2.24, 2.45) is 0 Å². The third-order valence-electron chi connectivity index (χ3n) is 4.54. The maximum absolute atomic E-state index is 13.5. The number of rotatable bonds is 6. The maximum Gasteiger partial charge on any atom is 0.333 e. The number of hydrazine groups is 1. The molecule has 11 heteroatoms. The SMILES string of the molecule is O=C(O)[C@H](Cc1ccc(F)cc1)NC(=O)N1CCCN1S(=O)(=O)c1cccc(F)c1. The van der Waals surface area contributed by atoms with Crippen molar-refractivity contribution in [2.75, 3.05) is 13.1 Å². The van der Waals surface area contributed by atoms with Gasteiger partial charge in [-0.05, 0) is 42.3 Å². The van der Waals surface area contributed by atoms with Gasteiger partial charge in [0.25, 0.3) is 10.0 Å². The van der Waals surface area contributed by atoms with Crippen LogP contribution >= 0.6 is 0 Å². The Bertz CT molecular complexity index is 1050. The smallest absolute Gasteiger partial charge is 0.333 e. The topological polar surface area (TPSA) is 107 Å². The van der Waals surface area contributed by atoms with E-state index in [4.69, 9.17) is 0 Å². The number of benzene rings is 2. The Morgan fingerprint density at radius 2 is 1.77 bits per heavy atom. The van der Waals surface area contributed by atoms with Crippen molar-refractivity contribution in [3.63, 3.8) is 0 Å². The van der Waals surface area contributed by atoms with E-state index in [0.717, 1.165) is 21.6 Å². The normalized spacial score (nSPS) is 15.7. The van der Waals surface area contributed by atoms with Crippen molar-refractivity contribution in [3.8, 4) is 0 Å². The largest absolute Gasteiger partial charge is 0.480 e. The summed E-state index contributed by atoms with van der Waals surface area (Å²) in [7, 11) is -4.21. The quantitative estimate of drug-likeness (QED) is 0.716. The third-order valence-corrected chi connectivity index (χ3v) is 6.33. The Morgan fingerprint density at radius 1 is 1.07 bits per heavy atom. The predicted octanol–water partition coefficient (Wildman–Crippen LogP) is 1.98. The molecule has 2 aromatic rings. The van der Waals surface area contributed by atoms with Crippen LogP contribution in [0.4, 0.5) is 13.6 Å². The van der Waals surface area contributed by atoms with Crippen LogP contribution in [0.2, 0.25) is 0 Å². The van der Waals surface area contributed by atoms with E-state index in [1.165, 1.54) is 36.4 Å². The first kappa shape index (κ1) is 21.7. The van der Waals surface area contributed by atoms with Gasteiger partial charge in [-0.2, -0.15) is 0 Å². The fraction of sp³-hybridized carbons (Fsp3) is 0.263. The Balaban J connectivity index is 1.77. The van der Waals surface area contributed by atoms with Gasteiger partial charge >= 0.3 is 12.0 Å². The third kappa shape index (κ3) is 4.74. The second-order valence-electron chi connectivity index (χ2n) is 6.66. The number of carbonyl (C=O) groups excluding carboxylic acids is 1. The zero-order valence-corrected chi connectivity index (χ0v) is 16.5. The van der Waals surface area contributed by atoms with Gasteiger partial charge in [0.05, 0.1) is 4.90 Å². The van der Waals surface area contributed by atoms with Crippen LogP contribution in [0.1, 0.15) is 12.0 Å². The lowest BCUT2D eigenvalue weighted by atomic mass is 10.1. The zero-order valence-electron chi connectivity index (χ0n) is 15.7. The van der Waals surface area contributed by atoms with Gasteiger partial charge in [0, 0.05) is 19.5 Å². The number of urea groups is 1. The summed E-state index contributed by atoms with van der Waals surface area (Å²) in [6.45, 7) is 0.0330. The first-order valence-electron chi connectivity index (χ1n) is 9.02. The molecule has 160 valence electrons. The van der Waals surface area contributed by atoms with Gasteiger partial charge in [-0.15, -0.1) is 4.41 Å². The lowest BCUT2D eigenvalue weighted by molar-refractivity contribution is -0.139. The summed E-state index contributed by atoms with van der Waals surface area (Å²) in [6.07, 6.45) is 0.212. The number of amides is 2. The van der Waals surface area contributed by atoms with E-state index in [0.29, 0.717) is 12.0 Å². The molecular formula is C19H19F2N3O5S. The minimum absolute atomic E-state index is 0.0119. The van der Waals surface area contributed by atoms with E-state index < -0.39 is 39.7 Å². The second kappa shape index (κ2) is 8.76. The molecule has 1 heterocycles. The van der Waals surface area contributed by atoms with E-state index in [9.17, 15) is 31.9 Å². The number of sulfonamides is 1. The van der Waals surface area contributed by atoms with E-state index in [2.05, 4.69) is 5.32 Å². The van der Waals surface area contributed by atoms with Crippen LogP contribution in [0.15, 0.2) is 53.4 Å². The second-order valence-corrected chi connectivity index (χ2v) is 8.50. The maximum atomic E-state index is 13.5. The molecule has 0 spiro atoms. The average Bonchev–Trinajstić information content (AvgIpc) is 3.20. The fourth-order valence-corrected chi connectivity index (χ4v) is 4.61. The molecule has 0 unspecified atom stereocenters. The van der Waals surface area contributed by atoms with Crippen molar-refractivity contribution in [2.45, 2.75) is 23.8 Å². The summed E-state index contributed by atoms with van der Waals surface area (Å²) in [5.41, 5.74) is 0.481.